The van der Waals surface area contributed by atoms with E-state index in [1.165, 1.54) is 11.8 Å². The Labute approximate surface area is 152 Å². The molecule has 2 heterocycles. The number of aromatic nitrogens is 1. The smallest absolute Gasteiger partial charge is 0.233 e. The Kier molecular flexibility index (Phi) is 5.64. The molecule has 0 N–H and O–H groups in total. The highest BCUT2D eigenvalue weighted by Gasteiger charge is 2.38. The van der Waals surface area contributed by atoms with Crippen molar-refractivity contribution in [3.63, 3.8) is 0 Å². The van der Waals surface area contributed by atoms with Crippen LogP contribution in [0.4, 0.5) is 0 Å². The zero-order valence-corrected chi connectivity index (χ0v) is 15.6. The molecule has 0 unspecified atom stereocenters. The van der Waals surface area contributed by atoms with Crippen LogP contribution >= 0.6 is 11.8 Å². The molecule has 134 valence electrons. The molecule has 1 aliphatic carbocycles. The largest absolute Gasteiger partial charge is 0.335 e. The van der Waals surface area contributed by atoms with Gasteiger partial charge in [0, 0.05) is 18.3 Å². The molecule has 0 bridgehead atoms. The predicted octanol–water partition coefficient (Wildman–Crippen LogP) is 2.00. The highest BCUT2D eigenvalue weighted by molar-refractivity contribution is 8.00. The molecule has 0 aromatic carbocycles. The number of thioether (sulfide) groups is 1. The Morgan fingerprint density at radius 3 is 2.72 bits per heavy atom. The number of nitrogens with zero attached hydrogens (tertiary/aromatic N) is 3. The maximum Gasteiger partial charge on any atom is 0.233 e. The van der Waals surface area contributed by atoms with Gasteiger partial charge in [-0.25, -0.2) is 13.4 Å². The molecule has 1 aliphatic heterocycles. The Hall–Kier alpha value is -1.59. The molecule has 8 heteroatoms. The highest BCUT2D eigenvalue weighted by Crippen LogP contribution is 2.30. The number of pyridine rings is 1. The van der Waals surface area contributed by atoms with E-state index in [1.807, 2.05) is 4.90 Å². The Bertz CT molecular complexity index is 783. The number of rotatable bonds is 5. The molecule has 1 aromatic heterocycles. The standard InChI is InChI=1S/C17H21N3O3S2/c18-10-13-4-3-8-19-17(13)24-11-16(21)20(14-5-1-2-6-14)15-7-9-25(22,23)12-15/h3-4,8,14-15H,1-2,5-7,9,11-12H2/t15-/m1/s1. The topological polar surface area (TPSA) is 91.1 Å². The average molecular weight is 380 g/mol. The first-order valence-corrected chi connectivity index (χ1v) is 11.3. The van der Waals surface area contributed by atoms with Gasteiger partial charge in [0.15, 0.2) is 9.84 Å². The van der Waals surface area contributed by atoms with Crippen molar-refractivity contribution in [1.29, 1.82) is 5.26 Å². The van der Waals surface area contributed by atoms with Gasteiger partial charge in [0.05, 0.1) is 22.8 Å². The Balaban J connectivity index is 1.72. The van der Waals surface area contributed by atoms with E-state index >= 15 is 0 Å². The Morgan fingerprint density at radius 1 is 1.32 bits per heavy atom. The molecule has 0 spiro atoms. The van der Waals surface area contributed by atoms with E-state index in [-0.39, 0.29) is 35.2 Å². The number of hydrogen-bond acceptors (Lipinski definition) is 6. The molecule has 25 heavy (non-hydrogen) atoms. The molecule has 2 fully saturated rings. The van der Waals surface area contributed by atoms with Crippen molar-refractivity contribution < 1.29 is 13.2 Å². The third-order valence-electron chi connectivity index (χ3n) is 4.83. The second-order valence-electron chi connectivity index (χ2n) is 6.55. The second kappa shape index (κ2) is 7.75. The quantitative estimate of drug-likeness (QED) is 0.727. The summed E-state index contributed by atoms with van der Waals surface area (Å²) < 4.78 is 23.7. The lowest BCUT2D eigenvalue weighted by atomic mass is 10.1. The molecule has 1 aromatic rings. The van der Waals surface area contributed by atoms with Gasteiger partial charge in [-0.2, -0.15) is 5.26 Å². The summed E-state index contributed by atoms with van der Waals surface area (Å²) >= 11 is 1.25. The van der Waals surface area contributed by atoms with Crippen molar-refractivity contribution in [2.45, 2.75) is 49.2 Å². The third kappa shape index (κ3) is 4.33. The average Bonchev–Trinajstić information content (AvgIpc) is 3.23. The number of sulfone groups is 1. The zero-order chi connectivity index (χ0) is 17.9. The van der Waals surface area contributed by atoms with E-state index in [9.17, 15) is 13.2 Å². The second-order valence-corrected chi connectivity index (χ2v) is 9.75. The summed E-state index contributed by atoms with van der Waals surface area (Å²) in [5, 5.41) is 9.68. The zero-order valence-electron chi connectivity index (χ0n) is 13.9. The van der Waals surface area contributed by atoms with Gasteiger partial charge >= 0.3 is 0 Å². The molecular weight excluding hydrogens is 358 g/mol. The molecule has 6 nitrogen and oxygen atoms in total. The summed E-state index contributed by atoms with van der Waals surface area (Å²) in [6.45, 7) is 0. The lowest BCUT2D eigenvalue weighted by Gasteiger charge is -2.34. The van der Waals surface area contributed by atoms with Crippen molar-refractivity contribution >= 4 is 27.5 Å². The van der Waals surface area contributed by atoms with Gasteiger partial charge in [0.1, 0.15) is 11.1 Å². The number of hydrogen-bond donors (Lipinski definition) is 0. The summed E-state index contributed by atoms with van der Waals surface area (Å²) in [7, 11) is -3.04. The number of nitriles is 1. The van der Waals surface area contributed by atoms with Crippen LogP contribution in [0.1, 0.15) is 37.7 Å². The molecule has 3 rings (SSSR count). The van der Waals surface area contributed by atoms with Crippen LogP contribution in [0.2, 0.25) is 0 Å². The molecule has 2 aliphatic rings. The lowest BCUT2D eigenvalue weighted by molar-refractivity contribution is -0.132. The maximum atomic E-state index is 12.9. The van der Waals surface area contributed by atoms with E-state index in [1.54, 1.807) is 18.3 Å². The van der Waals surface area contributed by atoms with Gasteiger partial charge in [-0.3, -0.25) is 4.79 Å². The van der Waals surface area contributed by atoms with Gasteiger partial charge < -0.3 is 4.90 Å². The van der Waals surface area contributed by atoms with E-state index in [4.69, 9.17) is 5.26 Å². The summed E-state index contributed by atoms with van der Waals surface area (Å²) in [6, 6.07) is 5.39. The summed E-state index contributed by atoms with van der Waals surface area (Å²) in [6.07, 6.45) is 6.19. The number of carbonyl (C=O) groups excluding carboxylic acids is 1. The van der Waals surface area contributed by atoms with Crippen LogP contribution in [0, 0.1) is 11.3 Å². The van der Waals surface area contributed by atoms with Crippen molar-refractivity contribution in [2.75, 3.05) is 17.3 Å². The minimum absolute atomic E-state index is 0.0476. The summed E-state index contributed by atoms with van der Waals surface area (Å²) in [4.78, 5) is 18.9. The van der Waals surface area contributed by atoms with E-state index in [2.05, 4.69) is 11.1 Å². The predicted molar refractivity (Wildman–Crippen MR) is 95.8 cm³/mol. The van der Waals surface area contributed by atoms with Crippen LogP contribution in [0.3, 0.4) is 0 Å². The fraction of sp³-hybridized carbons (Fsp3) is 0.588. The fourth-order valence-electron chi connectivity index (χ4n) is 3.68. The van der Waals surface area contributed by atoms with Gasteiger partial charge in [0.25, 0.3) is 0 Å². The third-order valence-corrected chi connectivity index (χ3v) is 7.57. The summed E-state index contributed by atoms with van der Waals surface area (Å²) in [5.41, 5.74) is 0.455. The first-order chi connectivity index (χ1) is 12.0. The molecule has 1 atom stereocenters. The van der Waals surface area contributed by atoms with Crippen LogP contribution in [0.15, 0.2) is 23.4 Å². The SMILES string of the molecule is N#Cc1cccnc1SCC(=O)N(C1CCCC1)[C@@H]1CCS(=O)(=O)C1. The monoisotopic (exact) mass is 379 g/mol. The van der Waals surface area contributed by atoms with Crippen molar-refractivity contribution in [3.05, 3.63) is 23.9 Å². The molecule has 1 amide bonds. The van der Waals surface area contributed by atoms with Crippen LogP contribution < -0.4 is 0 Å². The minimum Gasteiger partial charge on any atom is -0.335 e. The lowest BCUT2D eigenvalue weighted by Crippen LogP contribution is -2.47. The molecule has 1 saturated heterocycles. The van der Waals surface area contributed by atoms with E-state index in [0.29, 0.717) is 17.0 Å². The first kappa shape index (κ1) is 18.2. The normalized spacial score (nSPS) is 22.6. The van der Waals surface area contributed by atoms with Gasteiger partial charge in [-0.15, -0.1) is 0 Å². The number of carbonyl (C=O) groups is 1. The van der Waals surface area contributed by atoms with Crippen molar-refractivity contribution in [1.82, 2.24) is 9.88 Å². The minimum atomic E-state index is -3.04. The van der Waals surface area contributed by atoms with E-state index < -0.39 is 9.84 Å². The number of amides is 1. The van der Waals surface area contributed by atoms with Crippen molar-refractivity contribution in [2.24, 2.45) is 0 Å². The molecule has 1 saturated carbocycles. The maximum absolute atomic E-state index is 12.9. The van der Waals surface area contributed by atoms with Gasteiger partial charge in [-0.05, 0) is 31.4 Å². The van der Waals surface area contributed by atoms with Crippen LogP contribution in [-0.2, 0) is 14.6 Å². The Morgan fingerprint density at radius 2 is 2.08 bits per heavy atom. The molecule has 0 radical (unpaired) electrons. The fourth-order valence-corrected chi connectivity index (χ4v) is 6.20. The first-order valence-electron chi connectivity index (χ1n) is 8.49. The van der Waals surface area contributed by atoms with Crippen molar-refractivity contribution in [3.8, 4) is 6.07 Å². The van der Waals surface area contributed by atoms with Crippen LogP contribution in [0.25, 0.3) is 0 Å². The van der Waals surface area contributed by atoms with Crippen LogP contribution in [0.5, 0.6) is 0 Å². The van der Waals surface area contributed by atoms with E-state index in [0.717, 1.165) is 25.7 Å². The highest BCUT2D eigenvalue weighted by atomic mass is 32.2. The van der Waals surface area contributed by atoms with Crippen LogP contribution in [-0.4, -0.2) is 53.6 Å². The molecular formula is C17H21N3O3S2. The summed E-state index contributed by atoms with van der Waals surface area (Å²) in [5.74, 6) is 0.375. The van der Waals surface area contributed by atoms with Gasteiger partial charge in [0.2, 0.25) is 5.91 Å². The van der Waals surface area contributed by atoms with Gasteiger partial charge in [-0.1, -0.05) is 24.6 Å².